The number of nitrogens with one attached hydrogen (secondary N) is 1. The number of pyridine rings is 1. The molecule has 1 aromatic heterocycles. The first kappa shape index (κ1) is 20.7. The number of hydrogen-bond acceptors (Lipinski definition) is 6. The van der Waals surface area contributed by atoms with Crippen molar-refractivity contribution in [3.8, 4) is 5.75 Å². The Balaban J connectivity index is 0.00000261. The third kappa shape index (κ3) is 4.20. The average molecular weight is 391 g/mol. The van der Waals surface area contributed by atoms with Crippen molar-refractivity contribution in [2.75, 3.05) is 39.6 Å². The van der Waals surface area contributed by atoms with Crippen LogP contribution in [0.4, 0.5) is 11.4 Å². The fraction of sp³-hybridized carbons (Fsp3) is 0.316. The van der Waals surface area contributed by atoms with E-state index in [2.05, 4.69) is 15.2 Å². The smallest absolute Gasteiger partial charge is 0.281 e. The molecule has 1 heterocycles. The van der Waals surface area contributed by atoms with E-state index < -0.39 is 0 Å². The van der Waals surface area contributed by atoms with Crippen LogP contribution in [0.2, 0.25) is 0 Å². The Morgan fingerprint density at radius 1 is 1.22 bits per heavy atom. The molecule has 0 saturated carbocycles. The van der Waals surface area contributed by atoms with E-state index in [4.69, 9.17) is 4.74 Å². The average Bonchev–Trinajstić information content (AvgIpc) is 2.63. The number of fused-ring (bicyclic) bond motifs is 2. The van der Waals surface area contributed by atoms with Crippen molar-refractivity contribution in [1.82, 2.24) is 9.88 Å². The molecule has 3 rings (SSSR count). The summed E-state index contributed by atoms with van der Waals surface area (Å²) in [5.41, 5.74) is 2.02. The molecule has 2 aromatic carbocycles. The summed E-state index contributed by atoms with van der Waals surface area (Å²) in [6.45, 7) is 1.63. The molecule has 1 N–H and O–H groups in total. The van der Waals surface area contributed by atoms with Crippen LogP contribution >= 0.6 is 12.4 Å². The standard InChI is InChI=1S/C19H22N4O3.ClH/c1-22(2)12-6-11-20-18-13-7-4-5-8-14(13)21-19-16(26-3)10-9-15(17(18)19)23(24)25;/h4-5,7-10H,6,11-12H2,1-3H3,(H,20,21);1H. The Morgan fingerprint density at radius 2 is 1.96 bits per heavy atom. The highest BCUT2D eigenvalue weighted by Crippen LogP contribution is 2.40. The summed E-state index contributed by atoms with van der Waals surface area (Å²) in [7, 11) is 5.58. The van der Waals surface area contributed by atoms with Crippen LogP contribution < -0.4 is 10.1 Å². The quantitative estimate of drug-likeness (QED) is 0.283. The van der Waals surface area contributed by atoms with Crippen LogP contribution in [0.15, 0.2) is 36.4 Å². The monoisotopic (exact) mass is 390 g/mol. The zero-order valence-corrected chi connectivity index (χ0v) is 16.4. The molecule has 0 bridgehead atoms. The number of methoxy groups -OCH3 is 1. The fourth-order valence-electron chi connectivity index (χ4n) is 3.07. The van der Waals surface area contributed by atoms with Gasteiger partial charge in [-0.15, -0.1) is 12.4 Å². The molecule has 0 atom stereocenters. The maximum absolute atomic E-state index is 11.6. The Hall–Kier alpha value is -2.64. The van der Waals surface area contributed by atoms with Crippen molar-refractivity contribution in [1.29, 1.82) is 0 Å². The Labute approximate surface area is 163 Å². The summed E-state index contributed by atoms with van der Waals surface area (Å²) >= 11 is 0. The number of anilines is 1. The number of non-ortho nitro benzene ring substituents is 1. The van der Waals surface area contributed by atoms with Gasteiger partial charge in [0.05, 0.1) is 23.2 Å². The topological polar surface area (TPSA) is 80.5 Å². The van der Waals surface area contributed by atoms with Gasteiger partial charge in [-0.1, -0.05) is 18.2 Å². The first-order valence-electron chi connectivity index (χ1n) is 8.45. The van der Waals surface area contributed by atoms with Crippen molar-refractivity contribution in [2.24, 2.45) is 0 Å². The van der Waals surface area contributed by atoms with Gasteiger partial charge in [-0.2, -0.15) is 0 Å². The van der Waals surface area contributed by atoms with Gasteiger partial charge in [-0.25, -0.2) is 4.98 Å². The Bertz CT molecular complexity index is 962. The number of nitro groups is 1. The molecule has 0 spiro atoms. The van der Waals surface area contributed by atoms with Crippen LogP contribution in [0, 0.1) is 10.1 Å². The van der Waals surface area contributed by atoms with Crippen LogP contribution in [0.3, 0.4) is 0 Å². The molecule has 0 saturated heterocycles. The molecule has 27 heavy (non-hydrogen) atoms. The van der Waals surface area contributed by atoms with Crippen LogP contribution in [0.1, 0.15) is 6.42 Å². The molecule has 0 aliphatic carbocycles. The molecule has 0 amide bonds. The number of rotatable bonds is 7. The number of benzene rings is 2. The zero-order valence-electron chi connectivity index (χ0n) is 15.6. The molecule has 8 heteroatoms. The lowest BCUT2D eigenvalue weighted by Gasteiger charge is -2.16. The van der Waals surface area contributed by atoms with E-state index in [1.165, 1.54) is 6.07 Å². The fourth-order valence-corrected chi connectivity index (χ4v) is 3.07. The summed E-state index contributed by atoms with van der Waals surface area (Å²) in [5, 5.41) is 16.4. The van der Waals surface area contributed by atoms with E-state index in [-0.39, 0.29) is 23.0 Å². The van der Waals surface area contributed by atoms with E-state index in [9.17, 15) is 10.1 Å². The summed E-state index contributed by atoms with van der Waals surface area (Å²) in [4.78, 5) is 18.0. The molecule has 0 aliphatic heterocycles. The van der Waals surface area contributed by atoms with Crippen LogP contribution in [-0.4, -0.2) is 49.1 Å². The first-order chi connectivity index (χ1) is 12.5. The van der Waals surface area contributed by atoms with E-state index in [0.717, 1.165) is 29.6 Å². The predicted octanol–water partition coefficient (Wildman–Crippen LogP) is 4.09. The summed E-state index contributed by atoms with van der Waals surface area (Å²) in [6.07, 6.45) is 0.920. The van der Waals surface area contributed by atoms with Gasteiger partial charge >= 0.3 is 0 Å². The minimum absolute atomic E-state index is 0. The second kappa shape index (κ2) is 8.83. The molecule has 144 valence electrons. The molecule has 0 fully saturated rings. The molecule has 0 radical (unpaired) electrons. The maximum atomic E-state index is 11.6. The maximum Gasteiger partial charge on any atom is 0.281 e. The highest BCUT2D eigenvalue weighted by Gasteiger charge is 2.22. The number of nitrogens with zero attached hydrogens (tertiary/aromatic N) is 3. The van der Waals surface area contributed by atoms with Crippen molar-refractivity contribution in [3.63, 3.8) is 0 Å². The lowest BCUT2D eigenvalue weighted by atomic mass is 10.1. The summed E-state index contributed by atoms with van der Waals surface area (Å²) in [5.74, 6) is 0.521. The molecular weight excluding hydrogens is 368 g/mol. The molecule has 7 nitrogen and oxygen atoms in total. The first-order valence-corrected chi connectivity index (χ1v) is 8.45. The Morgan fingerprint density at radius 3 is 2.63 bits per heavy atom. The van der Waals surface area contributed by atoms with Crippen LogP contribution in [-0.2, 0) is 0 Å². The summed E-state index contributed by atoms with van der Waals surface area (Å²) in [6, 6.07) is 10.7. The van der Waals surface area contributed by atoms with Gasteiger partial charge < -0.3 is 15.0 Å². The SMILES string of the molecule is COc1ccc([N+](=O)[O-])c2c(NCCCN(C)C)c3ccccc3nc12.Cl. The number of hydrogen-bond donors (Lipinski definition) is 1. The largest absolute Gasteiger partial charge is 0.494 e. The van der Waals surface area contributed by atoms with E-state index in [0.29, 0.717) is 23.2 Å². The molecular formula is C19H23ClN4O3. The van der Waals surface area contributed by atoms with E-state index >= 15 is 0 Å². The number of para-hydroxylation sites is 1. The van der Waals surface area contributed by atoms with Gasteiger partial charge in [-0.05, 0) is 39.2 Å². The van der Waals surface area contributed by atoms with Gasteiger partial charge in [0.25, 0.3) is 5.69 Å². The van der Waals surface area contributed by atoms with Crippen molar-refractivity contribution >= 4 is 45.6 Å². The molecule has 0 unspecified atom stereocenters. The van der Waals surface area contributed by atoms with Gasteiger partial charge in [0.15, 0.2) is 0 Å². The highest BCUT2D eigenvalue weighted by atomic mass is 35.5. The second-order valence-electron chi connectivity index (χ2n) is 6.36. The van der Waals surface area contributed by atoms with Crippen molar-refractivity contribution in [3.05, 3.63) is 46.5 Å². The van der Waals surface area contributed by atoms with Crippen LogP contribution in [0.25, 0.3) is 21.8 Å². The number of ether oxygens (including phenoxy) is 1. The van der Waals surface area contributed by atoms with Gasteiger partial charge in [-0.3, -0.25) is 10.1 Å². The summed E-state index contributed by atoms with van der Waals surface area (Å²) < 4.78 is 5.40. The minimum Gasteiger partial charge on any atom is -0.494 e. The number of aromatic nitrogens is 1. The lowest BCUT2D eigenvalue weighted by molar-refractivity contribution is -0.383. The lowest BCUT2D eigenvalue weighted by Crippen LogP contribution is -2.16. The zero-order chi connectivity index (χ0) is 18.7. The van der Waals surface area contributed by atoms with E-state index in [1.54, 1.807) is 13.2 Å². The normalized spacial score (nSPS) is 10.8. The molecule has 0 aliphatic rings. The van der Waals surface area contributed by atoms with Gasteiger partial charge in [0, 0.05) is 18.0 Å². The predicted molar refractivity (Wildman–Crippen MR) is 111 cm³/mol. The third-order valence-electron chi connectivity index (χ3n) is 4.28. The minimum atomic E-state index is -0.372. The number of nitro benzene ring substituents is 1. The van der Waals surface area contributed by atoms with E-state index in [1.807, 2.05) is 38.4 Å². The highest BCUT2D eigenvalue weighted by molar-refractivity contribution is 6.12. The molecule has 3 aromatic rings. The van der Waals surface area contributed by atoms with Gasteiger partial charge in [0.2, 0.25) is 0 Å². The third-order valence-corrected chi connectivity index (χ3v) is 4.28. The van der Waals surface area contributed by atoms with Gasteiger partial charge in [0.1, 0.15) is 16.7 Å². The number of halogens is 1. The van der Waals surface area contributed by atoms with Crippen LogP contribution in [0.5, 0.6) is 5.75 Å². The second-order valence-corrected chi connectivity index (χ2v) is 6.36. The Kier molecular flexibility index (Phi) is 6.76. The van der Waals surface area contributed by atoms with Crippen molar-refractivity contribution in [2.45, 2.75) is 6.42 Å². The van der Waals surface area contributed by atoms with Crippen molar-refractivity contribution < 1.29 is 9.66 Å².